The van der Waals surface area contributed by atoms with Gasteiger partial charge < -0.3 is 10.1 Å². The van der Waals surface area contributed by atoms with Crippen molar-refractivity contribution in [3.8, 4) is 0 Å². The van der Waals surface area contributed by atoms with Crippen LogP contribution in [0.5, 0.6) is 0 Å². The first-order valence-corrected chi connectivity index (χ1v) is 9.06. The monoisotopic (exact) mass is 323 g/mol. The average Bonchev–Trinajstić information content (AvgIpc) is 2.55. The summed E-state index contributed by atoms with van der Waals surface area (Å²) >= 11 is 1.86. The summed E-state index contributed by atoms with van der Waals surface area (Å²) < 4.78 is 4.54. The van der Waals surface area contributed by atoms with Crippen molar-refractivity contribution in [2.75, 3.05) is 32.8 Å². The Labute approximate surface area is 139 Å². The second-order valence-corrected chi connectivity index (χ2v) is 4.78. The second kappa shape index (κ2) is 50.4. The Morgan fingerprint density at radius 1 is 1.10 bits per heavy atom. The van der Waals surface area contributed by atoms with Crippen LogP contribution >= 0.6 is 11.8 Å². The van der Waals surface area contributed by atoms with E-state index in [0.29, 0.717) is 0 Å². The number of allylic oxidation sites excluding steroid dienone is 2. The molecular weight excluding hydrogens is 282 g/mol. The maximum absolute atomic E-state index is 9.70. The van der Waals surface area contributed by atoms with Crippen molar-refractivity contribution in [1.29, 1.82) is 0 Å². The van der Waals surface area contributed by atoms with Crippen LogP contribution in [0.1, 0.15) is 61.3 Å². The van der Waals surface area contributed by atoms with Crippen LogP contribution in [0.15, 0.2) is 12.2 Å². The minimum atomic E-state index is 0.00463. The van der Waals surface area contributed by atoms with Crippen LogP contribution in [0.4, 0.5) is 0 Å². The summed E-state index contributed by atoms with van der Waals surface area (Å²) in [5, 5.41) is 2.39. The predicted molar refractivity (Wildman–Crippen MR) is 102 cm³/mol. The van der Waals surface area contributed by atoms with E-state index < -0.39 is 0 Å². The molecule has 0 radical (unpaired) electrons. The van der Waals surface area contributed by atoms with Gasteiger partial charge in [0.25, 0.3) is 0 Å². The molecule has 3 nitrogen and oxygen atoms in total. The molecule has 0 spiro atoms. The maximum atomic E-state index is 9.70. The van der Waals surface area contributed by atoms with Crippen molar-refractivity contribution in [3.63, 3.8) is 0 Å². The van der Waals surface area contributed by atoms with Crippen LogP contribution in [0.25, 0.3) is 0 Å². The molecule has 1 amide bonds. The van der Waals surface area contributed by atoms with E-state index in [0.717, 1.165) is 6.61 Å². The summed E-state index contributed by atoms with van der Waals surface area (Å²) in [6.45, 7) is 14.8. The quantitative estimate of drug-likeness (QED) is 0.729. The Kier molecular flexibility index (Phi) is 78.0. The Morgan fingerprint density at radius 3 is 1.33 bits per heavy atom. The topological polar surface area (TPSA) is 38.3 Å². The zero-order chi connectivity index (χ0) is 17.9. The normalized spacial score (nSPS) is 7.71. The third kappa shape index (κ3) is 197. The van der Waals surface area contributed by atoms with Crippen molar-refractivity contribution in [2.45, 2.75) is 61.3 Å². The SMILES string of the molecule is CC=CC.CCCC.CCOC.CCSC.CNC(C)=O. The molecule has 0 heterocycles. The Bertz CT molecular complexity index is 143. The highest BCUT2D eigenvalue weighted by molar-refractivity contribution is 7.98. The molecule has 132 valence electrons. The van der Waals surface area contributed by atoms with Crippen LogP contribution in [0.3, 0.4) is 0 Å². The maximum Gasteiger partial charge on any atom is 0.216 e. The fourth-order valence-electron chi connectivity index (χ4n) is 0. The van der Waals surface area contributed by atoms with E-state index in [1.54, 1.807) is 14.2 Å². The molecule has 0 aromatic carbocycles. The summed E-state index contributed by atoms with van der Waals surface area (Å²) in [6, 6.07) is 0. The number of rotatable bonds is 3. The van der Waals surface area contributed by atoms with Gasteiger partial charge in [-0.3, -0.25) is 4.79 Å². The van der Waals surface area contributed by atoms with E-state index in [-0.39, 0.29) is 5.91 Å². The molecule has 21 heavy (non-hydrogen) atoms. The van der Waals surface area contributed by atoms with Gasteiger partial charge in [-0.25, -0.2) is 0 Å². The predicted octanol–water partition coefficient (Wildman–Crippen LogP) is 5.16. The first kappa shape index (κ1) is 32.5. The molecule has 0 aliphatic heterocycles. The third-order valence-electron chi connectivity index (χ3n) is 1.76. The molecule has 1 N–H and O–H groups in total. The van der Waals surface area contributed by atoms with Crippen LogP contribution in [-0.2, 0) is 9.53 Å². The molecule has 0 bridgehead atoms. The first-order valence-electron chi connectivity index (χ1n) is 7.66. The number of thioether (sulfide) groups is 1. The number of amides is 1. The van der Waals surface area contributed by atoms with Crippen molar-refractivity contribution in [3.05, 3.63) is 12.2 Å². The molecular formula is C17H41NO2S. The molecule has 0 aliphatic rings. The smallest absolute Gasteiger partial charge is 0.216 e. The molecule has 0 rings (SSSR count). The van der Waals surface area contributed by atoms with E-state index in [1.165, 1.54) is 25.5 Å². The molecule has 0 atom stereocenters. The molecule has 0 saturated heterocycles. The van der Waals surface area contributed by atoms with E-state index in [9.17, 15) is 4.79 Å². The lowest BCUT2D eigenvalue weighted by molar-refractivity contribution is -0.118. The minimum absolute atomic E-state index is 0.00463. The zero-order valence-electron chi connectivity index (χ0n) is 16.2. The standard InChI is InChI=1S/C4H10.C4H8.C3H7NO.C3H8O.C3H8S/c2*1-3-4-2;1-3(5)4-2;2*1-3-4-2/h3-4H2,1-2H3;3-4H,1-2H3;1-2H3,(H,4,5);2*3H2,1-2H3. The van der Waals surface area contributed by atoms with Crippen LogP contribution in [0, 0.1) is 0 Å². The van der Waals surface area contributed by atoms with Gasteiger partial charge in [-0.1, -0.05) is 45.8 Å². The number of nitrogens with one attached hydrogen (secondary N) is 1. The fraction of sp³-hybridized carbons (Fsp3) is 0.824. The Morgan fingerprint density at radius 2 is 1.33 bits per heavy atom. The minimum Gasteiger partial charge on any atom is -0.385 e. The molecule has 4 heteroatoms. The number of carbonyl (C=O) groups is 1. The summed E-state index contributed by atoms with van der Waals surface area (Å²) in [5.74, 6) is 1.24. The molecule has 0 aliphatic carbocycles. The summed E-state index contributed by atoms with van der Waals surface area (Å²) in [7, 11) is 3.28. The summed E-state index contributed by atoms with van der Waals surface area (Å²) in [5.41, 5.74) is 0. The highest BCUT2D eigenvalue weighted by atomic mass is 32.2. The first-order chi connectivity index (χ1) is 9.93. The van der Waals surface area contributed by atoms with E-state index >= 15 is 0 Å². The van der Waals surface area contributed by atoms with Crippen LogP contribution in [-0.4, -0.2) is 38.7 Å². The van der Waals surface area contributed by atoms with Gasteiger partial charge in [0.05, 0.1) is 0 Å². The van der Waals surface area contributed by atoms with Gasteiger partial charge in [0.15, 0.2) is 0 Å². The zero-order valence-corrected chi connectivity index (χ0v) is 17.0. The lowest BCUT2D eigenvalue weighted by Gasteiger charge is -1.80. The van der Waals surface area contributed by atoms with Crippen molar-refractivity contribution >= 4 is 17.7 Å². The van der Waals surface area contributed by atoms with Gasteiger partial charge in [-0.2, -0.15) is 11.8 Å². The van der Waals surface area contributed by atoms with E-state index in [4.69, 9.17) is 0 Å². The molecule has 0 unspecified atom stereocenters. The number of hydrogen-bond acceptors (Lipinski definition) is 3. The van der Waals surface area contributed by atoms with Gasteiger partial charge >= 0.3 is 0 Å². The van der Waals surface area contributed by atoms with Gasteiger partial charge in [0.1, 0.15) is 0 Å². The van der Waals surface area contributed by atoms with E-state index in [2.05, 4.69) is 37.1 Å². The van der Waals surface area contributed by atoms with E-state index in [1.807, 2.05) is 44.7 Å². The number of methoxy groups -OCH3 is 1. The van der Waals surface area contributed by atoms with Crippen molar-refractivity contribution in [2.24, 2.45) is 0 Å². The largest absolute Gasteiger partial charge is 0.385 e. The van der Waals surface area contributed by atoms with Gasteiger partial charge in [0, 0.05) is 27.7 Å². The van der Waals surface area contributed by atoms with Gasteiger partial charge in [-0.05, 0) is 32.8 Å². The lowest BCUT2D eigenvalue weighted by Crippen LogP contribution is -2.11. The lowest BCUT2D eigenvalue weighted by atomic mass is 10.4. The molecule has 0 aromatic heterocycles. The van der Waals surface area contributed by atoms with Crippen molar-refractivity contribution < 1.29 is 9.53 Å². The van der Waals surface area contributed by atoms with Crippen LogP contribution in [0.2, 0.25) is 0 Å². The summed E-state index contributed by atoms with van der Waals surface area (Å²) in [6.07, 6.45) is 8.74. The number of ether oxygens (including phenoxy) is 1. The highest BCUT2D eigenvalue weighted by Crippen LogP contribution is 1.83. The number of unbranched alkanes of at least 4 members (excludes halogenated alkanes) is 1. The highest BCUT2D eigenvalue weighted by Gasteiger charge is 1.72. The molecule has 0 fully saturated rings. The van der Waals surface area contributed by atoms with Crippen LogP contribution < -0.4 is 5.32 Å². The number of carbonyl (C=O) groups excluding carboxylic acids is 1. The molecule has 0 saturated carbocycles. The van der Waals surface area contributed by atoms with Gasteiger partial charge in [-0.15, -0.1) is 0 Å². The Hall–Kier alpha value is -0.480. The summed E-state index contributed by atoms with van der Waals surface area (Å²) in [4.78, 5) is 9.70. The molecule has 0 aromatic rings. The second-order valence-electron chi connectivity index (χ2n) is 3.63. The third-order valence-corrected chi connectivity index (χ3v) is 2.34. The van der Waals surface area contributed by atoms with Gasteiger partial charge in [0.2, 0.25) is 5.91 Å². The number of hydrogen-bond donors (Lipinski definition) is 1. The fourth-order valence-corrected chi connectivity index (χ4v) is 0. The average molecular weight is 324 g/mol. The Balaban J connectivity index is -0.0000000510. The van der Waals surface area contributed by atoms with Crippen molar-refractivity contribution in [1.82, 2.24) is 5.32 Å².